The highest BCUT2D eigenvalue weighted by Crippen LogP contribution is 2.42. The van der Waals surface area contributed by atoms with E-state index in [9.17, 15) is 17.6 Å². The van der Waals surface area contributed by atoms with Gasteiger partial charge >= 0.3 is 12.2 Å². The summed E-state index contributed by atoms with van der Waals surface area (Å²) in [5.41, 5.74) is 0. The van der Waals surface area contributed by atoms with Gasteiger partial charge in [-0.05, 0) is 49.9 Å². The third kappa shape index (κ3) is 5.61. The van der Waals surface area contributed by atoms with Gasteiger partial charge in [-0.3, -0.25) is 0 Å². The van der Waals surface area contributed by atoms with E-state index in [0.29, 0.717) is 44.8 Å². The van der Waals surface area contributed by atoms with E-state index < -0.39 is 18.1 Å². The van der Waals surface area contributed by atoms with Crippen molar-refractivity contribution in [3.63, 3.8) is 0 Å². The Balaban J connectivity index is 1.50. The minimum absolute atomic E-state index is 0.0443. The quantitative estimate of drug-likeness (QED) is 0.458. The fourth-order valence-corrected chi connectivity index (χ4v) is 3.55. The van der Waals surface area contributed by atoms with Gasteiger partial charge in [-0.15, -0.1) is 0 Å². The monoisotopic (exact) mass is 404 g/mol. The van der Waals surface area contributed by atoms with Gasteiger partial charge in [-0.25, -0.2) is 0 Å². The van der Waals surface area contributed by atoms with Crippen LogP contribution in [0.3, 0.4) is 0 Å². The Kier molecular flexibility index (Phi) is 6.82. The van der Waals surface area contributed by atoms with Crippen LogP contribution in [0.25, 0.3) is 0 Å². The van der Waals surface area contributed by atoms with Crippen LogP contribution in [0.1, 0.15) is 32.6 Å². The van der Waals surface area contributed by atoms with E-state index in [-0.39, 0.29) is 30.0 Å². The lowest BCUT2D eigenvalue weighted by Gasteiger charge is -2.38. The third-order valence-corrected chi connectivity index (χ3v) is 5.08. The van der Waals surface area contributed by atoms with Crippen molar-refractivity contribution in [2.24, 2.45) is 17.8 Å². The first-order chi connectivity index (χ1) is 13.3. The van der Waals surface area contributed by atoms with Crippen LogP contribution in [0.5, 0.6) is 11.5 Å². The van der Waals surface area contributed by atoms with Gasteiger partial charge in [0.2, 0.25) is 0 Å². The van der Waals surface area contributed by atoms with Crippen LogP contribution < -0.4 is 9.47 Å². The number of hydrogen-bond acceptors (Lipinski definition) is 4. The summed E-state index contributed by atoms with van der Waals surface area (Å²) in [7, 11) is 0. The van der Waals surface area contributed by atoms with E-state index in [1.807, 2.05) is 6.92 Å². The standard InChI is InChI=1S/C20H24F4O4/c1-13-10-26-19(27-11-13)14-2-4-15(5-3-14)20(23,24)28-17-8-6-16(7-9-17)25-12-18(21)22/h6-9,12-15,19H,2-5,10-11H2,1H3. The van der Waals surface area contributed by atoms with Crippen molar-refractivity contribution < 1.29 is 36.5 Å². The molecule has 4 nitrogen and oxygen atoms in total. The van der Waals surface area contributed by atoms with E-state index in [4.69, 9.17) is 14.2 Å². The molecule has 1 heterocycles. The molecule has 0 spiro atoms. The Hall–Kier alpha value is -1.80. The zero-order valence-electron chi connectivity index (χ0n) is 15.6. The molecule has 0 atom stereocenters. The third-order valence-electron chi connectivity index (χ3n) is 5.08. The summed E-state index contributed by atoms with van der Waals surface area (Å²) in [5.74, 6) is -0.359. The minimum atomic E-state index is -3.32. The Labute approximate surface area is 161 Å². The molecule has 3 rings (SSSR count). The lowest BCUT2D eigenvalue weighted by molar-refractivity contribution is -0.246. The first-order valence-electron chi connectivity index (χ1n) is 9.41. The van der Waals surface area contributed by atoms with Crippen LogP contribution in [0, 0.1) is 17.8 Å². The molecule has 0 amide bonds. The number of alkyl halides is 2. The van der Waals surface area contributed by atoms with E-state index in [1.165, 1.54) is 24.3 Å². The maximum atomic E-state index is 14.5. The van der Waals surface area contributed by atoms with Gasteiger partial charge < -0.3 is 18.9 Å². The van der Waals surface area contributed by atoms with E-state index in [2.05, 4.69) is 4.74 Å². The second-order valence-electron chi connectivity index (χ2n) is 7.41. The number of halogens is 4. The van der Waals surface area contributed by atoms with Crippen LogP contribution in [0.2, 0.25) is 0 Å². The maximum Gasteiger partial charge on any atom is 0.400 e. The molecule has 28 heavy (non-hydrogen) atoms. The summed E-state index contributed by atoms with van der Waals surface area (Å²) in [6, 6.07) is 5.12. The smallest absolute Gasteiger partial charge is 0.400 e. The van der Waals surface area contributed by atoms with Crippen LogP contribution in [0.4, 0.5) is 17.6 Å². The molecule has 1 aliphatic heterocycles. The number of ether oxygens (including phenoxy) is 4. The van der Waals surface area contributed by atoms with Crippen molar-refractivity contribution in [1.82, 2.24) is 0 Å². The topological polar surface area (TPSA) is 36.9 Å². The molecular formula is C20H24F4O4. The van der Waals surface area contributed by atoms with Crippen LogP contribution in [-0.4, -0.2) is 25.6 Å². The van der Waals surface area contributed by atoms with Crippen LogP contribution in [0.15, 0.2) is 36.6 Å². The molecule has 2 aliphatic rings. The molecule has 1 aliphatic carbocycles. The Morgan fingerprint density at radius 3 is 2.14 bits per heavy atom. The zero-order chi connectivity index (χ0) is 20.1. The SMILES string of the molecule is CC1COC(C2CCC(C(F)(F)Oc3ccc(OC=C(F)F)cc3)CC2)OC1. The largest absolute Gasteiger partial charge is 0.459 e. The van der Waals surface area contributed by atoms with Gasteiger partial charge in [0.1, 0.15) is 11.5 Å². The Bertz CT molecular complexity index is 645. The first-order valence-corrected chi connectivity index (χ1v) is 9.41. The molecular weight excluding hydrogens is 380 g/mol. The van der Waals surface area contributed by atoms with Crippen molar-refractivity contribution in [1.29, 1.82) is 0 Å². The summed E-state index contributed by atoms with van der Waals surface area (Å²) in [6.07, 6.45) is -3.50. The molecule has 1 saturated carbocycles. The van der Waals surface area contributed by atoms with Crippen LogP contribution >= 0.6 is 0 Å². The minimum Gasteiger partial charge on any atom is -0.459 e. The highest BCUT2D eigenvalue weighted by Gasteiger charge is 2.45. The van der Waals surface area contributed by atoms with Crippen molar-refractivity contribution >= 4 is 0 Å². The summed E-state index contributed by atoms with van der Waals surface area (Å²) in [5, 5.41) is 0. The molecule has 0 aromatic heterocycles. The Morgan fingerprint density at radius 2 is 1.57 bits per heavy atom. The van der Waals surface area contributed by atoms with Gasteiger partial charge in [0.15, 0.2) is 12.6 Å². The molecule has 1 aromatic rings. The summed E-state index contributed by atoms with van der Waals surface area (Å²) in [4.78, 5) is 0. The average molecular weight is 404 g/mol. The van der Waals surface area contributed by atoms with Crippen molar-refractivity contribution in [3.05, 3.63) is 36.6 Å². The number of benzene rings is 1. The second kappa shape index (κ2) is 9.13. The molecule has 8 heteroatoms. The normalized spacial score (nSPS) is 28.5. The molecule has 0 radical (unpaired) electrons. The highest BCUT2D eigenvalue weighted by atomic mass is 19.3. The van der Waals surface area contributed by atoms with Gasteiger partial charge in [0.05, 0.1) is 19.1 Å². The zero-order valence-corrected chi connectivity index (χ0v) is 15.6. The molecule has 0 N–H and O–H groups in total. The predicted octanol–water partition coefficient (Wildman–Crippen LogP) is 5.59. The van der Waals surface area contributed by atoms with Gasteiger partial charge in [-0.1, -0.05) is 6.92 Å². The fraction of sp³-hybridized carbons (Fsp3) is 0.600. The van der Waals surface area contributed by atoms with E-state index in [1.54, 1.807) is 0 Å². The summed E-state index contributed by atoms with van der Waals surface area (Å²) < 4.78 is 74.0. The van der Waals surface area contributed by atoms with Crippen LogP contribution in [-0.2, 0) is 9.47 Å². The van der Waals surface area contributed by atoms with Crippen molar-refractivity contribution in [2.45, 2.75) is 45.0 Å². The lowest BCUT2D eigenvalue weighted by atomic mass is 9.81. The molecule has 0 unspecified atom stereocenters. The molecule has 0 bridgehead atoms. The Morgan fingerprint density at radius 1 is 1.00 bits per heavy atom. The molecule has 2 fully saturated rings. The summed E-state index contributed by atoms with van der Waals surface area (Å²) >= 11 is 0. The summed E-state index contributed by atoms with van der Waals surface area (Å²) in [6.45, 7) is 3.31. The van der Waals surface area contributed by atoms with Crippen molar-refractivity contribution in [2.75, 3.05) is 13.2 Å². The van der Waals surface area contributed by atoms with Gasteiger partial charge in [0.25, 0.3) is 0 Å². The molecule has 1 saturated heterocycles. The van der Waals surface area contributed by atoms with Crippen molar-refractivity contribution in [3.8, 4) is 11.5 Å². The predicted molar refractivity (Wildman–Crippen MR) is 93.2 cm³/mol. The van der Waals surface area contributed by atoms with E-state index in [0.717, 1.165) is 0 Å². The second-order valence-corrected chi connectivity index (χ2v) is 7.41. The maximum absolute atomic E-state index is 14.5. The molecule has 1 aromatic carbocycles. The highest BCUT2D eigenvalue weighted by molar-refractivity contribution is 5.32. The van der Waals surface area contributed by atoms with Gasteiger partial charge in [0, 0.05) is 11.8 Å². The number of hydrogen-bond donors (Lipinski definition) is 0. The fourth-order valence-electron chi connectivity index (χ4n) is 3.55. The van der Waals surface area contributed by atoms with Gasteiger partial charge in [-0.2, -0.15) is 17.6 Å². The first kappa shape index (κ1) is 20.9. The molecule has 156 valence electrons. The lowest BCUT2D eigenvalue weighted by Crippen LogP contribution is -2.41. The number of rotatable bonds is 6. The average Bonchev–Trinajstić information content (AvgIpc) is 2.68. The van der Waals surface area contributed by atoms with E-state index >= 15 is 0 Å².